The van der Waals surface area contributed by atoms with Gasteiger partial charge in [0.15, 0.2) is 23.3 Å². The topological polar surface area (TPSA) is 41.1 Å². The van der Waals surface area contributed by atoms with Crippen molar-refractivity contribution in [3.63, 3.8) is 0 Å². The third kappa shape index (κ3) is 3.09. The molecule has 1 aliphatic rings. The van der Waals surface area contributed by atoms with Gasteiger partial charge >= 0.3 is 0 Å². The highest BCUT2D eigenvalue weighted by molar-refractivity contribution is 5.94. The molecule has 0 bridgehead atoms. The Hall–Kier alpha value is -1.63. The van der Waals surface area contributed by atoms with Crippen LogP contribution in [0.3, 0.4) is 0 Å². The van der Waals surface area contributed by atoms with Crippen LogP contribution in [0.4, 0.5) is 17.6 Å². The fraction of sp³-hybridized carbons (Fsp3) is 0.462. The average Bonchev–Trinajstić information content (AvgIpc) is 2.44. The molecule has 0 aromatic heterocycles. The van der Waals surface area contributed by atoms with Crippen LogP contribution in [-0.4, -0.2) is 25.0 Å². The molecular formula is C13H14F4N2O. The van der Waals surface area contributed by atoms with E-state index in [1.807, 2.05) is 0 Å². The maximum absolute atomic E-state index is 13.4. The highest BCUT2D eigenvalue weighted by Gasteiger charge is 2.25. The molecular weight excluding hydrogens is 276 g/mol. The molecule has 1 saturated heterocycles. The number of carbonyl (C=O) groups excluding carboxylic acids is 1. The van der Waals surface area contributed by atoms with Crippen molar-refractivity contribution in [1.82, 2.24) is 10.6 Å². The molecule has 1 atom stereocenters. The molecule has 1 aromatic carbocycles. The van der Waals surface area contributed by atoms with E-state index in [0.29, 0.717) is 0 Å². The Bertz CT molecular complexity index is 489. The number of hydrogen-bond acceptors (Lipinski definition) is 2. The van der Waals surface area contributed by atoms with Crippen LogP contribution in [-0.2, 0) is 0 Å². The van der Waals surface area contributed by atoms with E-state index in [9.17, 15) is 22.4 Å². The van der Waals surface area contributed by atoms with Gasteiger partial charge in [0, 0.05) is 18.7 Å². The Labute approximate surface area is 113 Å². The second-order valence-electron chi connectivity index (χ2n) is 4.70. The fourth-order valence-electron chi connectivity index (χ4n) is 2.18. The molecule has 1 unspecified atom stereocenters. The molecule has 0 spiro atoms. The molecule has 110 valence electrons. The molecule has 2 rings (SSSR count). The summed E-state index contributed by atoms with van der Waals surface area (Å²) in [7, 11) is 0. The lowest BCUT2D eigenvalue weighted by atomic mass is 10.0. The van der Waals surface area contributed by atoms with Gasteiger partial charge in [0.1, 0.15) is 5.56 Å². The van der Waals surface area contributed by atoms with Gasteiger partial charge < -0.3 is 10.6 Å². The predicted molar refractivity (Wildman–Crippen MR) is 64.2 cm³/mol. The number of rotatable bonds is 3. The minimum Gasteiger partial charge on any atom is -0.350 e. The zero-order valence-corrected chi connectivity index (χ0v) is 10.6. The first-order valence-corrected chi connectivity index (χ1v) is 6.35. The second-order valence-corrected chi connectivity index (χ2v) is 4.70. The summed E-state index contributed by atoms with van der Waals surface area (Å²) in [6.45, 7) is 0.952. The van der Waals surface area contributed by atoms with Crippen LogP contribution in [0.15, 0.2) is 6.07 Å². The van der Waals surface area contributed by atoms with Gasteiger partial charge in [-0.2, -0.15) is 0 Å². The van der Waals surface area contributed by atoms with Crippen molar-refractivity contribution in [1.29, 1.82) is 0 Å². The van der Waals surface area contributed by atoms with Gasteiger partial charge in [-0.1, -0.05) is 6.42 Å². The first-order valence-electron chi connectivity index (χ1n) is 6.35. The monoisotopic (exact) mass is 290 g/mol. The van der Waals surface area contributed by atoms with Crippen LogP contribution < -0.4 is 10.6 Å². The van der Waals surface area contributed by atoms with Gasteiger partial charge in [-0.25, -0.2) is 17.6 Å². The highest BCUT2D eigenvalue weighted by atomic mass is 19.2. The molecule has 1 aliphatic heterocycles. The summed E-state index contributed by atoms with van der Waals surface area (Å²) in [6.07, 6.45) is 2.84. The van der Waals surface area contributed by atoms with Crippen LogP contribution in [0.25, 0.3) is 0 Å². The Morgan fingerprint density at radius 2 is 1.85 bits per heavy atom. The Morgan fingerprint density at radius 3 is 2.40 bits per heavy atom. The van der Waals surface area contributed by atoms with E-state index in [2.05, 4.69) is 10.6 Å². The summed E-state index contributed by atoms with van der Waals surface area (Å²) in [6, 6.07) is 0.0710. The van der Waals surface area contributed by atoms with Crippen LogP contribution in [0.5, 0.6) is 0 Å². The van der Waals surface area contributed by atoms with E-state index in [1.54, 1.807) is 0 Å². The number of amides is 1. The van der Waals surface area contributed by atoms with Crippen molar-refractivity contribution in [2.24, 2.45) is 0 Å². The lowest BCUT2D eigenvalue weighted by Gasteiger charge is -2.23. The Morgan fingerprint density at radius 1 is 1.20 bits per heavy atom. The summed E-state index contributed by atoms with van der Waals surface area (Å²) in [5, 5.41) is 5.42. The quantitative estimate of drug-likeness (QED) is 0.661. The maximum Gasteiger partial charge on any atom is 0.257 e. The number of hydrogen-bond donors (Lipinski definition) is 2. The number of piperidine rings is 1. The molecule has 0 radical (unpaired) electrons. The second kappa shape index (κ2) is 6.21. The average molecular weight is 290 g/mol. The standard InChI is InChI=1S/C13H14F4N2O/c14-8-5-9(15)12(17)10(11(8)16)13(20)19-6-7-3-1-2-4-18-7/h5,7,18H,1-4,6H2,(H,19,20). The summed E-state index contributed by atoms with van der Waals surface area (Å²) < 4.78 is 52.8. The van der Waals surface area contributed by atoms with Crippen LogP contribution in [0, 0.1) is 23.3 Å². The van der Waals surface area contributed by atoms with E-state index in [-0.39, 0.29) is 18.7 Å². The van der Waals surface area contributed by atoms with Crippen molar-refractivity contribution >= 4 is 5.91 Å². The zero-order chi connectivity index (χ0) is 14.7. The third-order valence-corrected chi connectivity index (χ3v) is 3.26. The van der Waals surface area contributed by atoms with Crippen molar-refractivity contribution in [2.75, 3.05) is 13.1 Å². The molecule has 1 aromatic rings. The van der Waals surface area contributed by atoms with Gasteiger partial charge in [0.2, 0.25) is 0 Å². The smallest absolute Gasteiger partial charge is 0.257 e. The van der Waals surface area contributed by atoms with E-state index in [1.165, 1.54) is 0 Å². The Balaban J connectivity index is 2.09. The Kier molecular flexibility index (Phi) is 4.59. The number of carbonyl (C=O) groups is 1. The van der Waals surface area contributed by atoms with E-state index in [4.69, 9.17) is 0 Å². The normalized spacial score (nSPS) is 18.9. The molecule has 0 aliphatic carbocycles. The summed E-state index contributed by atoms with van der Waals surface area (Å²) in [5.74, 6) is -7.71. The van der Waals surface area contributed by atoms with E-state index < -0.39 is 34.7 Å². The molecule has 2 N–H and O–H groups in total. The van der Waals surface area contributed by atoms with Crippen molar-refractivity contribution in [2.45, 2.75) is 25.3 Å². The maximum atomic E-state index is 13.4. The summed E-state index contributed by atoms with van der Waals surface area (Å²) in [4.78, 5) is 11.7. The first-order chi connectivity index (χ1) is 9.50. The van der Waals surface area contributed by atoms with Gasteiger partial charge in [-0.05, 0) is 19.4 Å². The summed E-state index contributed by atoms with van der Waals surface area (Å²) in [5.41, 5.74) is -1.22. The van der Waals surface area contributed by atoms with Gasteiger partial charge in [-0.3, -0.25) is 4.79 Å². The number of benzene rings is 1. The molecule has 1 fully saturated rings. The van der Waals surface area contributed by atoms with Gasteiger partial charge in [-0.15, -0.1) is 0 Å². The highest BCUT2D eigenvalue weighted by Crippen LogP contribution is 2.19. The molecule has 1 amide bonds. The molecule has 7 heteroatoms. The largest absolute Gasteiger partial charge is 0.350 e. The van der Waals surface area contributed by atoms with Crippen LogP contribution >= 0.6 is 0 Å². The van der Waals surface area contributed by atoms with Gasteiger partial charge in [0.25, 0.3) is 5.91 Å². The predicted octanol–water partition coefficient (Wildman–Crippen LogP) is 2.11. The third-order valence-electron chi connectivity index (χ3n) is 3.26. The molecule has 1 heterocycles. The lowest BCUT2D eigenvalue weighted by molar-refractivity contribution is 0.0936. The lowest BCUT2D eigenvalue weighted by Crippen LogP contribution is -2.43. The van der Waals surface area contributed by atoms with Crippen molar-refractivity contribution in [3.05, 3.63) is 34.9 Å². The zero-order valence-electron chi connectivity index (χ0n) is 10.6. The van der Waals surface area contributed by atoms with Crippen LogP contribution in [0.2, 0.25) is 0 Å². The molecule has 3 nitrogen and oxygen atoms in total. The minimum atomic E-state index is -1.68. The van der Waals surface area contributed by atoms with E-state index in [0.717, 1.165) is 25.8 Å². The number of halogens is 4. The SMILES string of the molecule is O=C(NCC1CCCCN1)c1c(F)c(F)cc(F)c1F. The minimum absolute atomic E-state index is 0.00257. The first kappa shape index (κ1) is 14.8. The summed E-state index contributed by atoms with van der Waals surface area (Å²) >= 11 is 0. The number of nitrogens with one attached hydrogen (secondary N) is 2. The van der Waals surface area contributed by atoms with Crippen molar-refractivity contribution < 1.29 is 22.4 Å². The van der Waals surface area contributed by atoms with Crippen LogP contribution in [0.1, 0.15) is 29.6 Å². The van der Waals surface area contributed by atoms with Gasteiger partial charge in [0.05, 0.1) is 0 Å². The molecule has 0 saturated carbocycles. The van der Waals surface area contributed by atoms with E-state index >= 15 is 0 Å². The fourth-order valence-corrected chi connectivity index (χ4v) is 2.18. The van der Waals surface area contributed by atoms with Crippen molar-refractivity contribution in [3.8, 4) is 0 Å². The molecule has 20 heavy (non-hydrogen) atoms.